The predicted molar refractivity (Wildman–Crippen MR) is 35.7 cm³/mol. The Kier molecular flexibility index (Phi) is 0.859. The smallest absolute Gasteiger partial charge is 0.276 e. The van der Waals surface area contributed by atoms with Crippen LogP contribution in [-0.4, -0.2) is 14.8 Å². The van der Waals surface area contributed by atoms with Crippen molar-refractivity contribution >= 4 is 0 Å². The molecule has 0 atom stereocenters. The zero-order chi connectivity index (χ0) is 7.19. The van der Waals surface area contributed by atoms with Gasteiger partial charge in [0.25, 0.3) is 0 Å². The highest BCUT2D eigenvalue weighted by molar-refractivity contribution is 4.96. The van der Waals surface area contributed by atoms with Gasteiger partial charge in [-0.2, -0.15) is 5.10 Å². The van der Waals surface area contributed by atoms with Crippen molar-refractivity contribution in [3.8, 4) is 0 Å². The molecule has 0 spiro atoms. The normalized spacial score (nSPS) is 20.9. The van der Waals surface area contributed by atoms with Gasteiger partial charge in [-0.25, -0.2) is 9.89 Å². The molecule has 1 aromatic rings. The van der Waals surface area contributed by atoms with Crippen molar-refractivity contribution in [2.24, 2.45) is 0 Å². The quantitative estimate of drug-likeness (QED) is 0.599. The molecule has 0 radical (unpaired) electrons. The Morgan fingerprint density at radius 1 is 1.80 bits per heavy atom. The highest BCUT2D eigenvalue weighted by atomic mass is 16.1. The van der Waals surface area contributed by atoms with Crippen molar-refractivity contribution in [2.45, 2.75) is 25.3 Å². The molecule has 1 N–H and O–H groups in total. The number of rotatable bonds is 1. The molecule has 54 valence electrons. The van der Waals surface area contributed by atoms with Crippen LogP contribution in [-0.2, 0) is 5.54 Å². The van der Waals surface area contributed by atoms with E-state index < -0.39 is 0 Å². The second-order valence-electron chi connectivity index (χ2n) is 3.03. The van der Waals surface area contributed by atoms with Crippen LogP contribution in [0.4, 0.5) is 0 Å². The molecule has 4 heteroatoms. The van der Waals surface area contributed by atoms with Crippen LogP contribution in [0, 0.1) is 0 Å². The van der Waals surface area contributed by atoms with E-state index in [1.165, 1.54) is 0 Å². The Balaban J connectivity index is 2.51. The molecule has 1 aromatic heterocycles. The average Bonchev–Trinajstić information content (AvgIpc) is 2.44. The van der Waals surface area contributed by atoms with E-state index in [1.807, 2.05) is 0 Å². The molecule has 1 heterocycles. The molecule has 1 saturated carbocycles. The fourth-order valence-electron chi connectivity index (χ4n) is 1.05. The third-order valence-electron chi connectivity index (χ3n) is 2.11. The standard InChI is InChI=1S/C6H9N3O/c1-6(2-3-6)9-4-7-8-5(9)10/h4H,2-3H2,1H3,(H,8,10). The van der Waals surface area contributed by atoms with Crippen molar-refractivity contribution in [3.63, 3.8) is 0 Å². The molecule has 1 aliphatic carbocycles. The minimum absolute atomic E-state index is 0.0735. The summed E-state index contributed by atoms with van der Waals surface area (Å²) in [5, 5.41) is 6.03. The molecule has 0 amide bonds. The largest absolute Gasteiger partial charge is 0.343 e. The van der Waals surface area contributed by atoms with E-state index >= 15 is 0 Å². The maximum absolute atomic E-state index is 11.0. The number of nitrogens with one attached hydrogen (secondary N) is 1. The van der Waals surface area contributed by atoms with E-state index in [0.29, 0.717) is 0 Å². The maximum atomic E-state index is 11.0. The summed E-state index contributed by atoms with van der Waals surface area (Å²) < 4.78 is 1.66. The topological polar surface area (TPSA) is 50.7 Å². The highest BCUT2D eigenvalue weighted by Gasteiger charge is 2.40. The van der Waals surface area contributed by atoms with Gasteiger partial charge in [-0.15, -0.1) is 0 Å². The summed E-state index contributed by atoms with van der Waals surface area (Å²) in [6, 6.07) is 0. The Morgan fingerprint density at radius 2 is 2.50 bits per heavy atom. The number of nitrogens with zero attached hydrogens (tertiary/aromatic N) is 2. The van der Waals surface area contributed by atoms with Gasteiger partial charge in [0.15, 0.2) is 0 Å². The zero-order valence-electron chi connectivity index (χ0n) is 5.79. The van der Waals surface area contributed by atoms with Gasteiger partial charge < -0.3 is 0 Å². The minimum atomic E-state index is -0.0972. The van der Waals surface area contributed by atoms with Crippen molar-refractivity contribution in [1.29, 1.82) is 0 Å². The van der Waals surface area contributed by atoms with Crippen LogP contribution in [0.1, 0.15) is 19.8 Å². The van der Waals surface area contributed by atoms with Crippen molar-refractivity contribution in [2.75, 3.05) is 0 Å². The number of H-pyrrole nitrogens is 1. The lowest BCUT2D eigenvalue weighted by Gasteiger charge is -2.05. The van der Waals surface area contributed by atoms with E-state index in [9.17, 15) is 4.79 Å². The molecule has 0 bridgehead atoms. The van der Waals surface area contributed by atoms with Gasteiger partial charge in [0.05, 0.1) is 0 Å². The molecular weight excluding hydrogens is 130 g/mol. The second kappa shape index (κ2) is 1.51. The van der Waals surface area contributed by atoms with E-state index in [2.05, 4.69) is 17.1 Å². The van der Waals surface area contributed by atoms with Crippen LogP contribution in [0.25, 0.3) is 0 Å². The molecule has 1 aliphatic rings. The summed E-state index contributed by atoms with van der Waals surface area (Å²) in [5.41, 5.74) is -0.0237. The molecule has 0 unspecified atom stereocenters. The summed E-state index contributed by atoms with van der Waals surface area (Å²) in [6.45, 7) is 2.06. The van der Waals surface area contributed by atoms with Crippen molar-refractivity contribution < 1.29 is 0 Å². The van der Waals surface area contributed by atoms with Gasteiger partial charge in [0.1, 0.15) is 6.33 Å². The van der Waals surface area contributed by atoms with Crippen LogP contribution in [0.2, 0.25) is 0 Å². The van der Waals surface area contributed by atoms with Gasteiger partial charge in [0, 0.05) is 5.54 Å². The second-order valence-corrected chi connectivity index (χ2v) is 3.03. The van der Waals surface area contributed by atoms with E-state index in [4.69, 9.17) is 0 Å². The Bertz CT molecular complexity index is 294. The predicted octanol–water partition coefficient (Wildman–Crippen LogP) is 0.0804. The fourth-order valence-corrected chi connectivity index (χ4v) is 1.05. The molecule has 0 saturated heterocycles. The lowest BCUT2D eigenvalue weighted by Crippen LogP contribution is -2.24. The number of hydrogen-bond acceptors (Lipinski definition) is 2. The molecule has 0 aromatic carbocycles. The highest BCUT2D eigenvalue weighted by Crippen LogP contribution is 2.41. The number of hydrogen-bond donors (Lipinski definition) is 1. The number of aromatic amines is 1. The SMILES string of the molecule is CC1(n2cn[nH]c2=O)CC1. The minimum Gasteiger partial charge on any atom is -0.276 e. The molecular formula is C6H9N3O. The first-order chi connectivity index (χ1) is 4.72. The molecule has 10 heavy (non-hydrogen) atoms. The van der Waals surface area contributed by atoms with E-state index in [1.54, 1.807) is 10.9 Å². The summed E-state index contributed by atoms with van der Waals surface area (Å²) >= 11 is 0. The summed E-state index contributed by atoms with van der Waals surface area (Å²) in [5.74, 6) is 0. The van der Waals surface area contributed by atoms with Crippen molar-refractivity contribution in [3.05, 3.63) is 16.8 Å². The summed E-state index contributed by atoms with van der Waals surface area (Å²) in [4.78, 5) is 11.0. The summed E-state index contributed by atoms with van der Waals surface area (Å²) in [7, 11) is 0. The van der Waals surface area contributed by atoms with Crippen LogP contribution < -0.4 is 5.69 Å². The maximum Gasteiger partial charge on any atom is 0.343 e. The van der Waals surface area contributed by atoms with Gasteiger partial charge >= 0.3 is 5.69 Å². The van der Waals surface area contributed by atoms with Crippen molar-refractivity contribution in [1.82, 2.24) is 14.8 Å². The van der Waals surface area contributed by atoms with Crippen LogP contribution in [0.3, 0.4) is 0 Å². The van der Waals surface area contributed by atoms with Crippen LogP contribution in [0.5, 0.6) is 0 Å². The average molecular weight is 139 g/mol. The molecule has 0 aliphatic heterocycles. The number of aromatic nitrogens is 3. The van der Waals surface area contributed by atoms with E-state index in [0.717, 1.165) is 12.8 Å². The lowest BCUT2D eigenvalue weighted by molar-refractivity contribution is 0.514. The molecule has 1 fully saturated rings. The Morgan fingerprint density at radius 3 is 2.90 bits per heavy atom. The first kappa shape index (κ1) is 5.70. The summed E-state index contributed by atoms with van der Waals surface area (Å²) in [6.07, 6.45) is 3.74. The van der Waals surface area contributed by atoms with Gasteiger partial charge in [-0.3, -0.25) is 4.57 Å². The monoisotopic (exact) mass is 139 g/mol. The Hall–Kier alpha value is -1.06. The van der Waals surface area contributed by atoms with Crippen LogP contribution in [0.15, 0.2) is 11.1 Å². The Labute approximate surface area is 57.9 Å². The zero-order valence-corrected chi connectivity index (χ0v) is 5.79. The third-order valence-corrected chi connectivity index (χ3v) is 2.11. The van der Waals surface area contributed by atoms with Gasteiger partial charge in [-0.05, 0) is 19.8 Å². The van der Waals surface area contributed by atoms with Gasteiger partial charge in [0.2, 0.25) is 0 Å². The van der Waals surface area contributed by atoms with Crippen LogP contribution >= 0.6 is 0 Å². The molecule has 4 nitrogen and oxygen atoms in total. The first-order valence-corrected chi connectivity index (χ1v) is 3.35. The first-order valence-electron chi connectivity index (χ1n) is 3.35. The van der Waals surface area contributed by atoms with Gasteiger partial charge in [-0.1, -0.05) is 0 Å². The van der Waals surface area contributed by atoms with E-state index in [-0.39, 0.29) is 11.2 Å². The molecule has 2 rings (SSSR count). The lowest BCUT2D eigenvalue weighted by atomic mass is 10.3. The third kappa shape index (κ3) is 0.616. The fraction of sp³-hybridized carbons (Fsp3) is 0.667.